The zero-order valence-electron chi connectivity index (χ0n) is 15.1. The summed E-state index contributed by atoms with van der Waals surface area (Å²) < 4.78 is 0. The summed E-state index contributed by atoms with van der Waals surface area (Å²) in [4.78, 5) is 0. The van der Waals surface area contributed by atoms with Gasteiger partial charge in [-0.25, -0.2) is 0 Å². The first-order chi connectivity index (χ1) is 11.1. The third-order valence-corrected chi connectivity index (χ3v) is 4.06. The average molecular weight is 432 g/mol. The molecule has 0 aliphatic rings. The van der Waals surface area contributed by atoms with Gasteiger partial charge in [0.15, 0.2) is 0 Å². The molecule has 0 aromatic rings. The first kappa shape index (κ1) is 26.6. The molecule has 0 aliphatic heterocycles. The summed E-state index contributed by atoms with van der Waals surface area (Å²) in [6.07, 6.45) is 22.9. The second kappa shape index (κ2) is 25.6. The molecule has 0 aromatic heterocycles. The van der Waals surface area contributed by atoms with Crippen molar-refractivity contribution >= 4 is 30.3 Å². The minimum absolute atomic E-state index is 0.873. The Bertz CT molecular complexity index is 176. The number of hydrogen-bond acceptors (Lipinski definition) is 1. The fourth-order valence-electron chi connectivity index (χ4n) is 2.69. The molecule has 0 fully saturated rings. The summed E-state index contributed by atoms with van der Waals surface area (Å²) >= 11 is -1.33. The number of nitrogens with two attached hydrogens (primary N) is 1. The number of unbranched alkanes of at least 4 members (excludes halogenated alkanes) is 15. The number of hydrogen-bond donors (Lipinski definition) is 1. The van der Waals surface area contributed by atoms with E-state index in [9.17, 15) is 0 Å². The quantitative estimate of drug-likeness (QED) is 0.193. The molecule has 0 bridgehead atoms. The minimum atomic E-state index is -1.33. The van der Waals surface area contributed by atoms with Gasteiger partial charge in [-0.15, -0.1) is 0 Å². The Kier molecular flexibility index (Phi) is 29.6. The SMILES string of the molecule is CCCCCCCCCCCCCCCCCCN.[Cl][Fe]([Cl])[Cl]. The van der Waals surface area contributed by atoms with Crippen LogP contribution in [0.4, 0.5) is 0 Å². The van der Waals surface area contributed by atoms with Crippen LogP contribution in [0.3, 0.4) is 0 Å². The van der Waals surface area contributed by atoms with Crippen LogP contribution in [0, 0.1) is 0 Å². The Balaban J connectivity index is 0. The molecule has 0 saturated heterocycles. The van der Waals surface area contributed by atoms with E-state index in [0.29, 0.717) is 0 Å². The summed E-state index contributed by atoms with van der Waals surface area (Å²) in [5.74, 6) is 0. The van der Waals surface area contributed by atoms with Gasteiger partial charge >= 0.3 is 41.5 Å². The van der Waals surface area contributed by atoms with Crippen LogP contribution in [-0.4, -0.2) is 6.54 Å². The summed E-state index contributed by atoms with van der Waals surface area (Å²) in [7, 11) is 14.7. The van der Waals surface area contributed by atoms with Gasteiger partial charge in [0.25, 0.3) is 0 Å². The van der Waals surface area contributed by atoms with Gasteiger partial charge in [-0.05, 0) is 13.0 Å². The molecule has 0 spiro atoms. The summed E-state index contributed by atoms with van der Waals surface area (Å²) in [6, 6.07) is 0. The van der Waals surface area contributed by atoms with Crippen LogP contribution in [0.15, 0.2) is 0 Å². The summed E-state index contributed by atoms with van der Waals surface area (Å²) in [5.41, 5.74) is 5.48. The second-order valence-electron chi connectivity index (χ2n) is 6.24. The third-order valence-electron chi connectivity index (χ3n) is 4.06. The monoisotopic (exact) mass is 430 g/mol. The Morgan fingerprint density at radius 2 is 0.739 bits per heavy atom. The topological polar surface area (TPSA) is 26.0 Å². The normalized spacial score (nSPS) is 11.1. The second-order valence-corrected chi connectivity index (χ2v) is 11.7. The van der Waals surface area contributed by atoms with E-state index in [1.54, 1.807) is 0 Å². The van der Waals surface area contributed by atoms with Crippen LogP contribution in [0.2, 0.25) is 0 Å². The predicted molar refractivity (Wildman–Crippen MR) is 106 cm³/mol. The zero-order valence-corrected chi connectivity index (χ0v) is 18.5. The molecule has 0 amide bonds. The Labute approximate surface area is 163 Å². The van der Waals surface area contributed by atoms with Crippen molar-refractivity contribution < 1.29 is 11.2 Å². The van der Waals surface area contributed by atoms with Crippen LogP contribution < -0.4 is 5.73 Å². The molecule has 0 rings (SSSR count). The van der Waals surface area contributed by atoms with Crippen LogP contribution in [0.5, 0.6) is 0 Å². The van der Waals surface area contributed by atoms with Crippen LogP contribution >= 0.6 is 30.3 Å². The summed E-state index contributed by atoms with van der Waals surface area (Å²) in [5, 5.41) is 0. The molecule has 1 nitrogen and oxygen atoms in total. The molecule has 23 heavy (non-hydrogen) atoms. The third kappa shape index (κ3) is 35.4. The van der Waals surface area contributed by atoms with Crippen LogP contribution in [-0.2, 0) is 11.2 Å². The zero-order chi connectivity index (χ0) is 17.6. The van der Waals surface area contributed by atoms with Gasteiger partial charge in [0.1, 0.15) is 0 Å². The average Bonchev–Trinajstić information content (AvgIpc) is 2.50. The molecule has 5 heteroatoms. The van der Waals surface area contributed by atoms with E-state index in [1.165, 1.54) is 103 Å². The van der Waals surface area contributed by atoms with E-state index in [4.69, 9.17) is 36.0 Å². The van der Waals surface area contributed by atoms with E-state index < -0.39 is 11.2 Å². The van der Waals surface area contributed by atoms with Crippen molar-refractivity contribution in [3.8, 4) is 0 Å². The molecule has 0 unspecified atom stereocenters. The maximum atomic E-state index is 5.48. The molecule has 0 aromatic carbocycles. The molecule has 145 valence electrons. The fraction of sp³-hybridized carbons (Fsp3) is 1.00. The molecular weight excluding hydrogens is 392 g/mol. The molecule has 0 aliphatic carbocycles. The standard InChI is InChI=1S/C18H39N.3ClH.Fe/c1-2-3-4-5-6-7-8-9-10-11-12-13-14-15-16-17-18-19;;;;/h2-19H2,1H3;3*1H;/q;;;;+3/p-3. The molecule has 0 saturated carbocycles. The van der Waals surface area contributed by atoms with Gasteiger partial charge in [0.05, 0.1) is 0 Å². The first-order valence-corrected chi connectivity index (χ1v) is 14.1. The van der Waals surface area contributed by atoms with E-state index in [-0.39, 0.29) is 0 Å². The van der Waals surface area contributed by atoms with Crippen molar-refractivity contribution in [3.05, 3.63) is 0 Å². The van der Waals surface area contributed by atoms with Crippen molar-refractivity contribution in [1.82, 2.24) is 0 Å². The van der Waals surface area contributed by atoms with E-state index in [1.807, 2.05) is 0 Å². The van der Waals surface area contributed by atoms with Crippen LogP contribution in [0.25, 0.3) is 0 Å². The van der Waals surface area contributed by atoms with Crippen molar-refractivity contribution in [2.45, 2.75) is 110 Å². The van der Waals surface area contributed by atoms with Gasteiger partial charge < -0.3 is 5.73 Å². The van der Waals surface area contributed by atoms with E-state index >= 15 is 0 Å². The Morgan fingerprint density at radius 3 is 0.957 bits per heavy atom. The van der Waals surface area contributed by atoms with Crippen molar-refractivity contribution in [3.63, 3.8) is 0 Å². The van der Waals surface area contributed by atoms with Gasteiger partial charge in [-0.2, -0.15) is 0 Å². The van der Waals surface area contributed by atoms with Gasteiger partial charge in [0.2, 0.25) is 0 Å². The predicted octanol–water partition coefficient (Wildman–Crippen LogP) is 8.27. The number of halogens is 3. The molecule has 0 heterocycles. The van der Waals surface area contributed by atoms with Crippen LogP contribution in [0.1, 0.15) is 110 Å². The summed E-state index contributed by atoms with van der Waals surface area (Å²) in [6.45, 7) is 3.16. The molecule has 2 N–H and O–H groups in total. The number of rotatable bonds is 16. The molecule has 0 radical (unpaired) electrons. The Morgan fingerprint density at radius 1 is 0.522 bits per heavy atom. The van der Waals surface area contributed by atoms with Gasteiger partial charge in [0, 0.05) is 0 Å². The van der Waals surface area contributed by atoms with E-state index in [2.05, 4.69) is 6.92 Å². The van der Waals surface area contributed by atoms with Gasteiger partial charge in [-0.3, -0.25) is 0 Å². The van der Waals surface area contributed by atoms with E-state index in [0.717, 1.165) is 6.54 Å². The van der Waals surface area contributed by atoms with Crippen molar-refractivity contribution in [2.24, 2.45) is 5.73 Å². The van der Waals surface area contributed by atoms with Gasteiger partial charge in [-0.1, -0.05) is 103 Å². The fourth-order valence-corrected chi connectivity index (χ4v) is 2.69. The Hall–Kier alpha value is 1.35. The van der Waals surface area contributed by atoms with Crippen molar-refractivity contribution in [1.29, 1.82) is 0 Å². The first-order valence-electron chi connectivity index (χ1n) is 9.52. The molecule has 0 atom stereocenters. The van der Waals surface area contributed by atoms with Crippen molar-refractivity contribution in [2.75, 3.05) is 6.54 Å². The molecular formula is C18H39Cl3FeN. The maximum absolute atomic E-state index is 5.48.